The molecule has 0 unspecified atom stereocenters. The Morgan fingerprint density at radius 3 is 2.76 bits per heavy atom. The number of rotatable bonds is 6. The molecule has 0 atom stereocenters. The number of carbonyl (C=O) groups is 2. The fraction of sp³-hybridized carbons (Fsp3) is 0.308. The van der Waals surface area contributed by atoms with Crippen molar-refractivity contribution in [3.63, 3.8) is 0 Å². The van der Waals surface area contributed by atoms with Gasteiger partial charge in [0.25, 0.3) is 0 Å². The summed E-state index contributed by atoms with van der Waals surface area (Å²) in [7, 11) is 1.84. The second-order valence-corrected chi connectivity index (χ2v) is 4.38. The van der Waals surface area contributed by atoms with Gasteiger partial charge in [-0.3, -0.25) is 4.68 Å². The first-order chi connectivity index (χ1) is 10.1. The molecule has 112 valence electrons. The second kappa shape index (κ2) is 6.60. The molecule has 0 radical (unpaired) electrons. The number of aromatic carboxylic acids is 1. The minimum Gasteiger partial charge on any atom is -0.475 e. The van der Waals surface area contributed by atoms with E-state index >= 15 is 0 Å². The maximum absolute atomic E-state index is 11.6. The normalized spacial score (nSPS) is 10.3. The topological polar surface area (TPSA) is 109 Å². The number of carbonyl (C=O) groups excluding carboxylic acids is 1. The van der Waals surface area contributed by atoms with Gasteiger partial charge in [-0.15, -0.1) is 0 Å². The molecule has 2 rings (SSSR count). The molecule has 2 aromatic heterocycles. The maximum atomic E-state index is 11.6. The molecule has 0 aliphatic carbocycles. The van der Waals surface area contributed by atoms with Crippen LogP contribution in [0.2, 0.25) is 0 Å². The van der Waals surface area contributed by atoms with Crippen molar-refractivity contribution in [2.24, 2.45) is 7.05 Å². The van der Waals surface area contributed by atoms with Gasteiger partial charge in [0, 0.05) is 31.9 Å². The van der Waals surface area contributed by atoms with Crippen LogP contribution in [0.3, 0.4) is 0 Å². The monoisotopic (exact) mass is 292 g/mol. The van der Waals surface area contributed by atoms with Gasteiger partial charge in [0.15, 0.2) is 0 Å². The van der Waals surface area contributed by atoms with Crippen LogP contribution in [-0.2, 0) is 20.0 Å². The molecule has 8 heteroatoms. The van der Waals surface area contributed by atoms with Crippen molar-refractivity contribution in [2.45, 2.75) is 13.0 Å². The van der Waals surface area contributed by atoms with Crippen molar-refractivity contribution in [3.05, 3.63) is 41.6 Å². The Morgan fingerprint density at radius 1 is 1.33 bits per heavy atom. The molecule has 3 N–H and O–H groups in total. The number of urea groups is 1. The van der Waals surface area contributed by atoms with Crippen LogP contribution in [-0.4, -0.2) is 33.4 Å². The predicted molar refractivity (Wildman–Crippen MR) is 72.8 cm³/mol. The zero-order valence-electron chi connectivity index (χ0n) is 11.5. The molecule has 0 fully saturated rings. The van der Waals surface area contributed by atoms with Crippen LogP contribution >= 0.6 is 0 Å². The van der Waals surface area contributed by atoms with Crippen LogP contribution in [0.15, 0.2) is 28.8 Å². The molecule has 0 spiro atoms. The highest BCUT2D eigenvalue weighted by molar-refractivity contribution is 5.84. The van der Waals surface area contributed by atoms with Gasteiger partial charge >= 0.3 is 12.0 Å². The lowest BCUT2D eigenvalue weighted by atomic mass is 10.3. The zero-order valence-corrected chi connectivity index (χ0v) is 11.5. The standard InChI is InChI=1S/C13H16N4O4/c1-17-9(5-7-16-17)4-6-14-13(20)15-8-10-2-3-11(21-10)12(18)19/h2-3,5,7H,4,6,8H2,1H3,(H,18,19)(H2,14,15,20). The van der Waals surface area contributed by atoms with Crippen molar-refractivity contribution in [3.8, 4) is 0 Å². The highest BCUT2D eigenvalue weighted by Crippen LogP contribution is 2.07. The number of aryl methyl sites for hydroxylation is 1. The van der Waals surface area contributed by atoms with Gasteiger partial charge in [-0.25, -0.2) is 9.59 Å². The van der Waals surface area contributed by atoms with E-state index in [1.807, 2.05) is 13.1 Å². The molecule has 2 amide bonds. The van der Waals surface area contributed by atoms with Crippen molar-refractivity contribution in [1.82, 2.24) is 20.4 Å². The van der Waals surface area contributed by atoms with Crippen molar-refractivity contribution in [2.75, 3.05) is 6.54 Å². The summed E-state index contributed by atoms with van der Waals surface area (Å²) in [5, 5.41) is 18.0. The van der Waals surface area contributed by atoms with E-state index in [-0.39, 0.29) is 18.3 Å². The third-order valence-corrected chi connectivity index (χ3v) is 2.88. The number of furan rings is 1. The molecule has 0 aliphatic rings. The Balaban J connectivity index is 1.69. The van der Waals surface area contributed by atoms with Crippen LogP contribution in [0.25, 0.3) is 0 Å². The Morgan fingerprint density at radius 2 is 2.14 bits per heavy atom. The van der Waals surface area contributed by atoms with E-state index in [2.05, 4.69) is 15.7 Å². The van der Waals surface area contributed by atoms with Crippen molar-refractivity contribution >= 4 is 12.0 Å². The summed E-state index contributed by atoms with van der Waals surface area (Å²) in [5.74, 6) is -0.903. The highest BCUT2D eigenvalue weighted by atomic mass is 16.4. The molecule has 0 saturated carbocycles. The summed E-state index contributed by atoms with van der Waals surface area (Å²) < 4.78 is 6.77. The lowest BCUT2D eigenvalue weighted by Gasteiger charge is -2.06. The van der Waals surface area contributed by atoms with Gasteiger partial charge in [-0.2, -0.15) is 5.10 Å². The molecular weight excluding hydrogens is 276 g/mol. The van der Waals surface area contributed by atoms with Gasteiger partial charge < -0.3 is 20.2 Å². The van der Waals surface area contributed by atoms with E-state index < -0.39 is 5.97 Å². The Hall–Kier alpha value is -2.77. The van der Waals surface area contributed by atoms with Gasteiger partial charge in [-0.05, 0) is 18.2 Å². The number of amides is 2. The molecule has 0 aliphatic heterocycles. The smallest absolute Gasteiger partial charge is 0.371 e. The Kier molecular flexibility index (Phi) is 4.60. The van der Waals surface area contributed by atoms with E-state index in [1.54, 1.807) is 10.9 Å². The first-order valence-corrected chi connectivity index (χ1v) is 6.37. The predicted octanol–water partition coefficient (Wildman–Crippen LogP) is 0.753. The summed E-state index contributed by atoms with van der Waals surface area (Å²) >= 11 is 0. The van der Waals surface area contributed by atoms with E-state index in [0.29, 0.717) is 18.7 Å². The summed E-state index contributed by atoms with van der Waals surface area (Å²) in [5.41, 5.74) is 1.02. The minimum atomic E-state index is -1.14. The van der Waals surface area contributed by atoms with Crippen molar-refractivity contribution < 1.29 is 19.1 Å². The van der Waals surface area contributed by atoms with Crippen LogP contribution in [0.4, 0.5) is 4.79 Å². The third-order valence-electron chi connectivity index (χ3n) is 2.88. The number of hydrogen-bond donors (Lipinski definition) is 3. The molecule has 0 bridgehead atoms. The summed E-state index contributed by atoms with van der Waals surface area (Å²) in [6.07, 6.45) is 2.38. The van der Waals surface area contributed by atoms with Crippen LogP contribution < -0.4 is 10.6 Å². The molecule has 0 saturated heterocycles. The zero-order chi connectivity index (χ0) is 15.2. The van der Waals surface area contributed by atoms with Crippen LogP contribution in [0, 0.1) is 0 Å². The average molecular weight is 292 g/mol. The van der Waals surface area contributed by atoms with E-state index in [4.69, 9.17) is 9.52 Å². The number of carboxylic acids is 1. The first-order valence-electron chi connectivity index (χ1n) is 6.37. The van der Waals surface area contributed by atoms with Gasteiger partial charge in [0.1, 0.15) is 5.76 Å². The summed E-state index contributed by atoms with van der Waals surface area (Å²) in [4.78, 5) is 22.2. The second-order valence-electron chi connectivity index (χ2n) is 4.38. The van der Waals surface area contributed by atoms with Crippen LogP contribution in [0.5, 0.6) is 0 Å². The summed E-state index contributed by atoms with van der Waals surface area (Å²) in [6.45, 7) is 0.606. The minimum absolute atomic E-state index is 0.130. The SMILES string of the molecule is Cn1nccc1CCNC(=O)NCc1ccc(C(=O)O)o1. The molecule has 2 aromatic rings. The molecule has 8 nitrogen and oxygen atoms in total. The number of hydrogen-bond acceptors (Lipinski definition) is 4. The number of nitrogens with one attached hydrogen (secondary N) is 2. The molecule has 21 heavy (non-hydrogen) atoms. The molecule has 2 heterocycles. The number of nitrogens with zero attached hydrogens (tertiary/aromatic N) is 2. The van der Waals surface area contributed by atoms with Crippen molar-refractivity contribution in [1.29, 1.82) is 0 Å². The van der Waals surface area contributed by atoms with Crippen LogP contribution in [0.1, 0.15) is 22.0 Å². The molecule has 0 aromatic carbocycles. The fourth-order valence-electron chi connectivity index (χ4n) is 1.77. The number of carboxylic acid groups (broad SMARTS) is 1. The molecular formula is C13H16N4O4. The van der Waals surface area contributed by atoms with E-state index in [1.165, 1.54) is 12.1 Å². The maximum Gasteiger partial charge on any atom is 0.371 e. The summed E-state index contributed by atoms with van der Waals surface area (Å²) in [6, 6.07) is 4.40. The van der Waals surface area contributed by atoms with Gasteiger partial charge in [0.05, 0.1) is 6.54 Å². The Bertz CT molecular complexity index is 632. The van der Waals surface area contributed by atoms with Gasteiger partial charge in [0.2, 0.25) is 5.76 Å². The average Bonchev–Trinajstić information content (AvgIpc) is 3.06. The first kappa shape index (κ1) is 14.6. The fourth-order valence-corrected chi connectivity index (χ4v) is 1.77. The largest absolute Gasteiger partial charge is 0.475 e. The number of aromatic nitrogens is 2. The quantitative estimate of drug-likeness (QED) is 0.728. The van der Waals surface area contributed by atoms with E-state index in [9.17, 15) is 9.59 Å². The lowest BCUT2D eigenvalue weighted by molar-refractivity contribution is 0.0660. The Labute approximate surface area is 120 Å². The lowest BCUT2D eigenvalue weighted by Crippen LogP contribution is -2.36. The highest BCUT2D eigenvalue weighted by Gasteiger charge is 2.09. The van der Waals surface area contributed by atoms with E-state index in [0.717, 1.165) is 5.69 Å². The third kappa shape index (κ3) is 4.10. The van der Waals surface area contributed by atoms with Gasteiger partial charge in [-0.1, -0.05) is 0 Å².